The Hall–Kier alpha value is -1.85. The molecule has 0 atom stereocenters. The van der Waals surface area contributed by atoms with E-state index in [9.17, 15) is 4.79 Å². The van der Waals surface area contributed by atoms with Crippen molar-refractivity contribution < 1.29 is 4.79 Å². The van der Waals surface area contributed by atoms with E-state index < -0.39 is 0 Å². The van der Waals surface area contributed by atoms with Gasteiger partial charge in [0.2, 0.25) is 0 Å². The van der Waals surface area contributed by atoms with Crippen LogP contribution in [0.5, 0.6) is 0 Å². The summed E-state index contributed by atoms with van der Waals surface area (Å²) in [5.41, 5.74) is 3.30. The summed E-state index contributed by atoms with van der Waals surface area (Å²) in [5.74, 6) is -0.0566. The van der Waals surface area contributed by atoms with Crippen LogP contribution < -0.4 is 5.32 Å². The Balaban J connectivity index is 2.39. The minimum Gasteiger partial charge on any atom is -0.351 e. The first kappa shape index (κ1) is 18.5. The first-order valence-electron chi connectivity index (χ1n) is 8.27. The second-order valence-corrected chi connectivity index (χ2v) is 6.36. The van der Waals surface area contributed by atoms with Crippen LogP contribution in [0.15, 0.2) is 24.3 Å². The predicted molar refractivity (Wildman–Crippen MR) is 98.2 cm³/mol. The number of carbonyl (C=O) groups is 1. The van der Waals surface area contributed by atoms with Crippen molar-refractivity contribution in [1.29, 1.82) is 0 Å². The van der Waals surface area contributed by atoms with E-state index in [4.69, 9.17) is 11.6 Å². The molecule has 0 aliphatic heterocycles. The molecule has 24 heavy (non-hydrogen) atoms. The Morgan fingerprint density at radius 3 is 2.62 bits per heavy atom. The lowest BCUT2D eigenvalue weighted by Crippen LogP contribution is -2.32. The van der Waals surface area contributed by atoms with Gasteiger partial charge in [0.1, 0.15) is 0 Å². The number of nitrogens with one attached hydrogen (secondary N) is 1. The van der Waals surface area contributed by atoms with Crippen LogP contribution in [-0.4, -0.2) is 47.8 Å². The van der Waals surface area contributed by atoms with E-state index >= 15 is 0 Å². The smallest absolute Gasteiger partial charge is 0.255 e. The van der Waals surface area contributed by atoms with E-state index in [0.717, 1.165) is 30.0 Å². The highest BCUT2D eigenvalue weighted by Gasteiger charge is 2.22. The maximum atomic E-state index is 12.7. The topological polar surface area (TPSA) is 50.2 Å². The highest BCUT2D eigenvalue weighted by Crippen LogP contribution is 2.22. The molecule has 0 bridgehead atoms. The van der Waals surface area contributed by atoms with Gasteiger partial charge < -0.3 is 10.2 Å². The maximum absolute atomic E-state index is 12.7. The van der Waals surface area contributed by atoms with E-state index in [-0.39, 0.29) is 5.91 Å². The fourth-order valence-electron chi connectivity index (χ4n) is 2.64. The van der Waals surface area contributed by atoms with E-state index in [0.29, 0.717) is 23.6 Å². The number of benzene rings is 1. The molecule has 1 N–H and O–H groups in total. The summed E-state index contributed by atoms with van der Waals surface area (Å²) in [7, 11) is 3.97. The molecule has 1 aromatic carbocycles. The molecular weight excluding hydrogens is 324 g/mol. The molecule has 0 saturated heterocycles. The SMILES string of the molecule is CCc1nn(-c2cccc(Cl)c2)c(CC)c1C(=O)NCCN(C)C. The minimum absolute atomic E-state index is 0.0566. The van der Waals surface area contributed by atoms with Crippen molar-refractivity contribution in [3.05, 3.63) is 46.2 Å². The van der Waals surface area contributed by atoms with Crippen molar-refractivity contribution in [1.82, 2.24) is 20.0 Å². The highest BCUT2D eigenvalue weighted by molar-refractivity contribution is 6.30. The molecule has 0 spiro atoms. The molecular formula is C18H25ClN4O. The quantitative estimate of drug-likeness (QED) is 0.837. The van der Waals surface area contributed by atoms with Crippen molar-refractivity contribution in [3.63, 3.8) is 0 Å². The first-order valence-corrected chi connectivity index (χ1v) is 8.65. The molecule has 0 saturated carbocycles. The van der Waals surface area contributed by atoms with Crippen LogP contribution in [0.1, 0.15) is 35.6 Å². The van der Waals surface area contributed by atoms with Gasteiger partial charge in [0.15, 0.2) is 0 Å². The molecule has 0 unspecified atom stereocenters. The van der Waals surface area contributed by atoms with Crippen LogP contribution in [0, 0.1) is 0 Å². The number of likely N-dealkylation sites (N-methyl/N-ethyl adjacent to an activating group) is 1. The molecule has 0 fully saturated rings. The second kappa shape index (κ2) is 8.31. The molecule has 130 valence electrons. The largest absolute Gasteiger partial charge is 0.351 e. The van der Waals surface area contributed by atoms with Crippen molar-refractivity contribution in [2.24, 2.45) is 0 Å². The molecule has 0 aliphatic rings. The van der Waals surface area contributed by atoms with Gasteiger partial charge in [0, 0.05) is 18.1 Å². The van der Waals surface area contributed by atoms with E-state index in [1.165, 1.54) is 0 Å². The number of aryl methyl sites for hydroxylation is 1. The Kier molecular flexibility index (Phi) is 6.40. The van der Waals surface area contributed by atoms with Crippen molar-refractivity contribution in [3.8, 4) is 5.69 Å². The summed E-state index contributed by atoms with van der Waals surface area (Å²) in [6.07, 6.45) is 1.42. The lowest BCUT2D eigenvalue weighted by atomic mass is 10.1. The summed E-state index contributed by atoms with van der Waals surface area (Å²) in [5, 5.41) is 8.31. The molecule has 1 amide bonds. The van der Waals surface area contributed by atoms with Gasteiger partial charge in [-0.25, -0.2) is 4.68 Å². The van der Waals surface area contributed by atoms with Crippen LogP contribution >= 0.6 is 11.6 Å². The van der Waals surface area contributed by atoms with Gasteiger partial charge in [-0.1, -0.05) is 31.5 Å². The molecule has 6 heteroatoms. The van der Waals surface area contributed by atoms with Gasteiger partial charge in [-0.2, -0.15) is 5.10 Å². The third-order valence-corrected chi connectivity index (χ3v) is 4.08. The second-order valence-electron chi connectivity index (χ2n) is 5.93. The van der Waals surface area contributed by atoms with Gasteiger partial charge in [-0.3, -0.25) is 4.79 Å². The zero-order valence-corrected chi connectivity index (χ0v) is 15.5. The van der Waals surface area contributed by atoms with Crippen LogP contribution in [0.3, 0.4) is 0 Å². The van der Waals surface area contributed by atoms with Crippen LogP contribution in [0.4, 0.5) is 0 Å². The van der Waals surface area contributed by atoms with E-state index in [2.05, 4.69) is 10.4 Å². The maximum Gasteiger partial charge on any atom is 0.255 e. The van der Waals surface area contributed by atoms with Crippen molar-refractivity contribution in [2.45, 2.75) is 26.7 Å². The minimum atomic E-state index is -0.0566. The zero-order chi connectivity index (χ0) is 17.7. The molecule has 0 aliphatic carbocycles. The highest BCUT2D eigenvalue weighted by atomic mass is 35.5. The number of carbonyl (C=O) groups excluding carboxylic acids is 1. The fourth-order valence-corrected chi connectivity index (χ4v) is 2.83. The molecule has 5 nitrogen and oxygen atoms in total. The lowest BCUT2D eigenvalue weighted by Gasteiger charge is -2.11. The number of amides is 1. The Bertz CT molecular complexity index is 709. The molecule has 2 rings (SSSR count). The summed E-state index contributed by atoms with van der Waals surface area (Å²) in [6, 6.07) is 7.53. The fraction of sp³-hybridized carbons (Fsp3) is 0.444. The number of rotatable bonds is 7. The molecule has 0 radical (unpaired) electrons. The standard InChI is InChI=1S/C18H25ClN4O/c1-5-15-17(18(24)20-10-11-22(3)4)16(6-2)23(21-15)14-9-7-8-13(19)12-14/h7-9,12H,5-6,10-11H2,1-4H3,(H,20,24). The number of halogens is 1. The number of aromatic nitrogens is 2. The van der Waals surface area contributed by atoms with Crippen LogP contribution in [0.25, 0.3) is 5.69 Å². The Morgan fingerprint density at radius 1 is 1.29 bits per heavy atom. The summed E-state index contributed by atoms with van der Waals surface area (Å²) >= 11 is 6.11. The summed E-state index contributed by atoms with van der Waals surface area (Å²) in [6.45, 7) is 5.46. The van der Waals surface area contributed by atoms with Gasteiger partial charge in [-0.05, 0) is 45.1 Å². The first-order chi connectivity index (χ1) is 11.5. The van der Waals surface area contributed by atoms with Crippen LogP contribution in [0.2, 0.25) is 5.02 Å². The monoisotopic (exact) mass is 348 g/mol. The molecule has 1 aromatic heterocycles. The van der Waals surface area contributed by atoms with Crippen molar-refractivity contribution in [2.75, 3.05) is 27.2 Å². The lowest BCUT2D eigenvalue weighted by molar-refractivity contribution is 0.0949. The zero-order valence-electron chi connectivity index (χ0n) is 14.8. The van der Waals surface area contributed by atoms with Gasteiger partial charge in [-0.15, -0.1) is 0 Å². The number of nitrogens with zero attached hydrogens (tertiary/aromatic N) is 3. The van der Waals surface area contributed by atoms with Gasteiger partial charge in [0.05, 0.1) is 22.6 Å². The third-order valence-electron chi connectivity index (χ3n) is 3.85. The molecule has 1 heterocycles. The number of hydrogen-bond donors (Lipinski definition) is 1. The van der Waals surface area contributed by atoms with E-state index in [1.807, 2.05) is 61.8 Å². The number of hydrogen-bond acceptors (Lipinski definition) is 3. The Labute approximate surface area is 148 Å². The summed E-state index contributed by atoms with van der Waals surface area (Å²) < 4.78 is 1.84. The summed E-state index contributed by atoms with van der Waals surface area (Å²) in [4.78, 5) is 14.7. The van der Waals surface area contributed by atoms with Crippen LogP contribution in [-0.2, 0) is 12.8 Å². The predicted octanol–water partition coefficient (Wildman–Crippen LogP) is 2.94. The normalized spacial score (nSPS) is 11.1. The third kappa shape index (κ3) is 4.16. The van der Waals surface area contributed by atoms with Gasteiger partial charge in [0.25, 0.3) is 5.91 Å². The molecule has 2 aromatic rings. The average molecular weight is 349 g/mol. The average Bonchev–Trinajstić information content (AvgIpc) is 2.93. The Morgan fingerprint density at radius 2 is 2.04 bits per heavy atom. The van der Waals surface area contributed by atoms with Crippen molar-refractivity contribution >= 4 is 17.5 Å². The van der Waals surface area contributed by atoms with E-state index in [1.54, 1.807) is 0 Å². The van der Waals surface area contributed by atoms with Gasteiger partial charge >= 0.3 is 0 Å².